The van der Waals surface area contributed by atoms with E-state index in [2.05, 4.69) is 16.0 Å². The first-order valence-electron chi connectivity index (χ1n) is 14.2. The quantitative estimate of drug-likeness (QED) is 0.216. The monoisotopic (exact) mass is 644 g/mol. The Morgan fingerprint density at radius 1 is 0.933 bits per heavy atom. The summed E-state index contributed by atoms with van der Waals surface area (Å²) in [6, 6.07) is 7.85. The van der Waals surface area contributed by atoms with Crippen molar-refractivity contribution in [2.24, 2.45) is 11.3 Å². The van der Waals surface area contributed by atoms with E-state index in [0.29, 0.717) is 5.57 Å². The second-order valence-electron chi connectivity index (χ2n) is 12.5. The van der Waals surface area contributed by atoms with Crippen molar-refractivity contribution < 1.29 is 47.4 Å². The number of amides is 3. The second-order valence-corrected chi connectivity index (χ2v) is 12.5. The van der Waals surface area contributed by atoms with Gasteiger partial charge in [-0.05, 0) is 30.9 Å². The van der Waals surface area contributed by atoms with Crippen LogP contribution in [-0.4, -0.2) is 89.7 Å². The molecule has 1 aromatic carbocycles. The highest BCUT2D eigenvalue weighted by Gasteiger charge is 2.41. The van der Waals surface area contributed by atoms with Crippen LogP contribution in [0.5, 0.6) is 0 Å². The van der Waals surface area contributed by atoms with Crippen LogP contribution < -0.4 is 16.0 Å². The highest BCUT2D eigenvalue weighted by atomic mass is 19.4. The summed E-state index contributed by atoms with van der Waals surface area (Å²) in [4.78, 5) is 61.1. The Morgan fingerprint density at radius 3 is 1.80 bits per heavy atom. The molecule has 5 N–H and O–H groups in total. The molecule has 0 aliphatic rings. The van der Waals surface area contributed by atoms with Crippen molar-refractivity contribution in [3.63, 3.8) is 0 Å². The molecule has 45 heavy (non-hydrogen) atoms. The molecule has 0 spiro atoms. The lowest BCUT2D eigenvalue weighted by Gasteiger charge is -2.40. The van der Waals surface area contributed by atoms with E-state index in [1.165, 1.54) is 0 Å². The summed E-state index contributed by atoms with van der Waals surface area (Å²) in [7, 11) is 3.38. The molecule has 3 atom stereocenters. The van der Waals surface area contributed by atoms with Crippen LogP contribution in [0.2, 0.25) is 0 Å². The number of carbonyl (C=O) groups is 5. The van der Waals surface area contributed by atoms with Crippen LogP contribution in [0.15, 0.2) is 42.0 Å². The molecule has 1 rings (SSSR count). The van der Waals surface area contributed by atoms with Crippen molar-refractivity contribution in [3.05, 3.63) is 47.5 Å². The lowest BCUT2D eigenvalue weighted by atomic mass is 9.76. The SMILES string of the molecule is CN[C@H](C(=O)N[C@H](C(=O)N(C)[C@H](/C=C(\C)C(=O)NCC(=O)O)C(C)C)C(C)(C)C)C(C)(C)c1ccccc1.O=C(O)C(F)(F)F. The highest BCUT2D eigenvalue weighted by Crippen LogP contribution is 2.29. The van der Waals surface area contributed by atoms with Gasteiger partial charge in [0, 0.05) is 18.0 Å². The number of halogens is 3. The van der Waals surface area contributed by atoms with Gasteiger partial charge in [0.15, 0.2) is 0 Å². The van der Waals surface area contributed by atoms with E-state index >= 15 is 0 Å². The van der Waals surface area contributed by atoms with Gasteiger partial charge in [-0.2, -0.15) is 13.2 Å². The molecular weight excluding hydrogens is 597 g/mol. The van der Waals surface area contributed by atoms with Crippen molar-refractivity contribution >= 4 is 29.7 Å². The summed E-state index contributed by atoms with van der Waals surface area (Å²) in [6.45, 7) is 14.6. The Bertz CT molecular complexity index is 1210. The van der Waals surface area contributed by atoms with Gasteiger partial charge in [0.05, 0.1) is 12.1 Å². The number of carboxylic acid groups (broad SMARTS) is 2. The first kappa shape index (κ1) is 41.1. The number of nitrogens with zero attached hydrogens (tertiary/aromatic N) is 1. The van der Waals surface area contributed by atoms with E-state index < -0.39 is 59.5 Å². The van der Waals surface area contributed by atoms with E-state index in [0.717, 1.165) is 5.56 Å². The summed E-state index contributed by atoms with van der Waals surface area (Å²) in [6.07, 6.45) is -3.42. The zero-order chi connectivity index (χ0) is 35.5. The number of alkyl halides is 3. The molecule has 0 saturated heterocycles. The third kappa shape index (κ3) is 12.9. The van der Waals surface area contributed by atoms with Gasteiger partial charge in [0.1, 0.15) is 12.6 Å². The van der Waals surface area contributed by atoms with Crippen LogP contribution in [0.4, 0.5) is 13.2 Å². The number of benzene rings is 1. The van der Waals surface area contributed by atoms with E-state index in [9.17, 15) is 32.3 Å². The fourth-order valence-corrected chi connectivity index (χ4v) is 4.46. The maximum atomic E-state index is 13.9. The third-order valence-corrected chi connectivity index (χ3v) is 7.09. The highest BCUT2D eigenvalue weighted by molar-refractivity contribution is 5.95. The molecule has 0 aliphatic carbocycles. The number of carbonyl (C=O) groups excluding carboxylic acids is 3. The van der Waals surface area contributed by atoms with Gasteiger partial charge in [0.25, 0.3) is 0 Å². The molecule has 0 aliphatic heterocycles. The first-order chi connectivity index (χ1) is 20.4. The Balaban J connectivity index is 0.00000246. The van der Waals surface area contributed by atoms with Crippen molar-refractivity contribution in [2.75, 3.05) is 20.6 Å². The zero-order valence-corrected chi connectivity index (χ0v) is 27.5. The van der Waals surface area contributed by atoms with Crippen LogP contribution in [0.3, 0.4) is 0 Å². The van der Waals surface area contributed by atoms with Gasteiger partial charge in [-0.3, -0.25) is 19.2 Å². The normalized spacial score (nSPS) is 14.3. The van der Waals surface area contributed by atoms with Gasteiger partial charge in [0.2, 0.25) is 17.7 Å². The summed E-state index contributed by atoms with van der Waals surface area (Å²) < 4.78 is 31.7. The summed E-state index contributed by atoms with van der Waals surface area (Å²) in [5.74, 6) is -5.04. The molecule has 0 saturated carbocycles. The largest absolute Gasteiger partial charge is 0.490 e. The Kier molecular flexibility index (Phi) is 15.5. The molecule has 3 amide bonds. The van der Waals surface area contributed by atoms with Gasteiger partial charge in [-0.1, -0.05) is 84.9 Å². The van der Waals surface area contributed by atoms with Gasteiger partial charge >= 0.3 is 18.1 Å². The molecule has 0 bridgehead atoms. The molecule has 0 unspecified atom stereocenters. The average Bonchev–Trinajstić information content (AvgIpc) is 2.92. The fourth-order valence-electron chi connectivity index (χ4n) is 4.46. The summed E-state index contributed by atoms with van der Waals surface area (Å²) >= 11 is 0. The van der Waals surface area contributed by atoms with Crippen LogP contribution in [0.25, 0.3) is 0 Å². The van der Waals surface area contributed by atoms with Gasteiger partial charge < -0.3 is 31.1 Å². The molecule has 0 aromatic heterocycles. The number of likely N-dealkylation sites (N-methyl/N-ethyl adjacent to an activating group) is 2. The Morgan fingerprint density at radius 2 is 1.42 bits per heavy atom. The predicted molar refractivity (Wildman–Crippen MR) is 163 cm³/mol. The Hall–Kier alpha value is -3.94. The van der Waals surface area contributed by atoms with E-state index in [4.69, 9.17) is 15.0 Å². The molecule has 0 heterocycles. The van der Waals surface area contributed by atoms with Crippen molar-refractivity contribution in [1.82, 2.24) is 20.9 Å². The van der Waals surface area contributed by atoms with Crippen LogP contribution in [0, 0.1) is 11.3 Å². The maximum Gasteiger partial charge on any atom is 0.490 e. The molecular formula is C31H47F3N4O7. The van der Waals surface area contributed by atoms with E-state index in [-0.39, 0.29) is 17.7 Å². The summed E-state index contributed by atoms with van der Waals surface area (Å²) in [5, 5.41) is 24.4. The van der Waals surface area contributed by atoms with Crippen molar-refractivity contribution in [2.45, 2.75) is 85.1 Å². The minimum absolute atomic E-state index is 0.0513. The standard InChI is InChI=1S/C29H46N4O5.C2HF3O2/c1-18(2)21(16-19(3)25(36)31-17-22(34)35)33(10)27(38)24(28(4,5)6)32-26(37)23(30-9)29(7,8)20-14-12-11-13-15-20;3-2(4,5)1(6)7/h11-16,18,21,23-24,30H,17H2,1-10H3,(H,31,36)(H,32,37)(H,34,35);(H,6,7)/b19-16+;/t21-,23-,24-;/m1./s1. The van der Waals surface area contributed by atoms with Crippen LogP contribution in [-0.2, 0) is 29.4 Å². The average molecular weight is 645 g/mol. The Labute approximate surface area is 262 Å². The van der Waals surface area contributed by atoms with Crippen molar-refractivity contribution in [1.29, 1.82) is 0 Å². The lowest BCUT2D eigenvalue weighted by molar-refractivity contribution is -0.192. The molecule has 0 radical (unpaired) electrons. The maximum absolute atomic E-state index is 13.9. The first-order valence-corrected chi connectivity index (χ1v) is 14.2. The number of carboxylic acids is 2. The van der Waals surface area contributed by atoms with E-state index in [1.54, 1.807) is 32.0 Å². The zero-order valence-electron chi connectivity index (χ0n) is 27.5. The minimum atomic E-state index is -5.08. The number of nitrogens with one attached hydrogen (secondary N) is 3. The molecule has 11 nitrogen and oxygen atoms in total. The number of hydrogen-bond donors (Lipinski definition) is 5. The molecule has 1 aromatic rings. The molecule has 0 fully saturated rings. The molecule has 254 valence electrons. The number of rotatable bonds is 12. The van der Waals surface area contributed by atoms with Crippen molar-refractivity contribution in [3.8, 4) is 0 Å². The fraction of sp³-hybridized carbons (Fsp3) is 0.581. The third-order valence-electron chi connectivity index (χ3n) is 7.09. The minimum Gasteiger partial charge on any atom is -0.480 e. The van der Waals surface area contributed by atoms with Crippen LogP contribution in [0.1, 0.15) is 61.0 Å². The smallest absolute Gasteiger partial charge is 0.480 e. The topological polar surface area (TPSA) is 165 Å². The number of aliphatic carboxylic acids is 2. The number of hydrogen-bond acceptors (Lipinski definition) is 6. The summed E-state index contributed by atoms with van der Waals surface area (Å²) in [5.41, 5.74) is 0.143. The predicted octanol–water partition coefficient (Wildman–Crippen LogP) is 3.35. The molecule has 14 heteroatoms. The van der Waals surface area contributed by atoms with Gasteiger partial charge in [-0.25, -0.2) is 4.79 Å². The lowest BCUT2D eigenvalue weighted by Crippen LogP contribution is -2.61. The van der Waals surface area contributed by atoms with Gasteiger partial charge in [-0.15, -0.1) is 0 Å². The van der Waals surface area contributed by atoms with Crippen LogP contribution >= 0.6 is 0 Å². The second kappa shape index (κ2) is 16.9. The van der Waals surface area contributed by atoms with E-state index in [1.807, 2.05) is 78.8 Å².